The number of aromatic nitrogens is 1. The van der Waals surface area contributed by atoms with Crippen molar-refractivity contribution in [2.75, 3.05) is 12.3 Å². The van der Waals surface area contributed by atoms with E-state index < -0.39 is 0 Å². The number of carbonyl (C=O) groups excluding carboxylic acids is 1. The van der Waals surface area contributed by atoms with Gasteiger partial charge in [-0.3, -0.25) is 4.79 Å². The van der Waals surface area contributed by atoms with Crippen molar-refractivity contribution < 1.29 is 4.79 Å². The Morgan fingerprint density at radius 2 is 2.29 bits per heavy atom. The molecule has 0 unspecified atom stereocenters. The molecule has 0 fully saturated rings. The van der Waals surface area contributed by atoms with Crippen molar-refractivity contribution in [1.29, 1.82) is 0 Å². The molecule has 2 aromatic rings. The van der Waals surface area contributed by atoms with Crippen molar-refractivity contribution in [3.05, 3.63) is 48.2 Å². The van der Waals surface area contributed by atoms with Crippen LogP contribution in [-0.2, 0) is 6.42 Å². The number of hydrogen-bond donors (Lipinski definition) is 2. The molecule has 0 radical (unpaired) electrons. The SMILES string of the molecule is C=CCNC(=O)c1cc(N)c2cccc(CCCC)c2n1. The van der Waals surface area contributed by atoms with E-state index in [2.05, 4.69) is 29.9 Å². The highest BCUT2D eigenvalue weighted by atomic mass is 16.1. The number of nitrogens with zero attached hydrogens (tertiary/aromatic N) is 1. The Kier molecular flexibility index (Phi) is 4.93. The summed E-state index contributed by atoms with van der Waals surface area (Å²) >= 11 is 0. The molecule has 0 saturated heterocycles. The number of nitrogens with one attached hydrogen (secondary N) is 1. The first-order valence-electron chi connectivity index (χ1n) is 7.24. The van der Waals surface area contributed by atoms with E-state index in [1.807, 2.05) is 12.1 Å². The van der Waals surface area contributed by atoms with Crippen molar-refractivity contribution in [1.82, 2.24) is 10.3 Å². The van der Waals surface area contributed by atoms with Gasteiger partial charge in [0.25, 0.3) is 5.91 Å². The van der Waals surface area contributed by atoms with E-state index in [-0.39, 0.29) is 5.91 Å². The lowest BCUT2D eigenvalue weighted by Gasteiger charge is -2.10. The van der Waals surface area contributed by atoms with Crippen LogP contribution in [0.3, 0.4) is 0 Å². The standard InChI is InChI=1S/C17H21N3O/c1-3-5-7-12-8-6-9-13-14(18)11-15(20-16(12)13)17(21)19-10-4-2/h4,6,8-9,11H,2-3,5,7,10H2,1H3,(H2,18,20)(H,19,21). The molecular formula is C17H21N3O. The number of carbonyl (C=O) groups is 1. The fraction of sp³-hybridized carbons (Fsp3) is 0.294. The number of aryl methyl sites for hydroxylation is 1. The highest BCUT2D eigenvalue weighted by Crippen LogP contribution is 2.24. The number of hydrogen-bond acceptors (Lipinski definition) is 3. The molecule has 4 heteroatoms. The van der Waals surface area contributed by atoms with Gasteiger partial charge in [-0.2, -0.15) is 0 Å². The number of nitrogens with two attached hydrogens (primary N) is 1. The van der Waals surface area contributed by atoms with Crippen LogP contribution in [0.2, 0.25) is 0 Å². The molecular weight excluding hydrogens is 262 g/mol. The Hall–Kier alpha value is -2.36. The smallest absolute Gasteiger partial charge is 0.270 e. The van der Waals surface area contributed by atoms with Crippen molar-refractivity contribution in [3.8, 4) is 0 Å². The summed E-state index contributed by atoms with van der Waals surface area (Å²) in [7, 11) is 0. The second-order valence-corrected chi connectivity index (χ2v) is 5.01. The van der Waals surface area contributed by atoms with Gasteiger partial charge < -0.3 is 11.1 Å². The summed E-state index contributed by atoms with van der Waals surface area (Å²) in [5.41, 5.74) is 8.99. The maximum absolute atomic E-state index is 12.0. The predicted molar refractivity (Wildman–Crippen MR) is 87.3 cm³/mol. The predicted octanol–water partition coefficient (Wildman–Crippen LogP) is 3.08. The van der Waals surface area contributed by atoms with Crippen LogP contribution >= 0.6 is 0 Å². The van der Waals surface area contributed by atoms with E-state index in [4.69, 9.17) is 5.73 Å². The maximum atomic E-state index is 12.0. The quantitative estimate of drug-likeness (QED) is 0.801. The van der Waals surface area contributed by atoms with Gasteiger partial charge in [0.15, 0.2) is 0 Å². The summed E-state index contributed by atoms with van der Waals surface area (Å²) < 4.78 is 0. The lowest BCUT2D eigenvalue weighted by molar-refractivity contribution is 0.0953. The Bertz CT molecular complexity index is 664. The minimum Gasteiger partial charge on any atom is -0.398 e. The first-order valence-corrected chi connectivity index (χ1v) is 7.24. The zero-order valence-electron chi connectivity index (χ0n) is 12.4. The fourth-order valence-electron chi connectivity index (χ4n) is 2.27. The van der Waals surface area contributed by atoms with Gasteiger partial charge in [-0.1, -0.05) is 37.6 Å². The maximum Gasteiger partial charge on any atom is 0.270 e. The van der Waals surface area contributed by atoms with Gasteiger partial charge in [0.1, 0.15) is 5.69 Å². The third-order valence-electron chi connectivity index (χ3n) is 3.39. The minimum atomic E-state index is -0.228. The Morgan fingerprint density at radius 1 is 1.48 bits per heavy atom. The molecule has 4 nitrogen and oxygen atoms in total. The molecule has 0 aliphatic rings. The fourth-order valence-corrected chi connectivity index (χ4v) is 2.27. The molecule has 1 heterocycles. The zero-order chi connectivity index (χ0) is 15.2. The number of rotatable bonds is 6. The molecule has 0 aliphatic heterocycles. The molecule has 110 valence electrons. The molecule has 21 heavy (non-hydrogen) atoms. The van der Waals surface area contributed by atoms with E-state index in [0.717, 1.165) is 35.7 Å². The second-order valence-electron chi connectivity index (χ2n) is 5.01. The molecule has 1 amide bonds. The minimum absolute atomic E-state index is 0.228. The number of nitrogen functional groups attached to an aromatic ring is 1. The van der Waals surface area contributed by atoms with Crippen LogP contribution in [0, 0.1) is 0 Å². The lowest BCUT2D eigenvalue weighted by Crippen LogP contribution is -2.24. The molecule has 2 rings (SSSR count). The normalized spacial score (nSPS) is 10.5. The van der Waals surface area contributed by atoms with Crippen LogP contribution in [0.1, 0.15) is 35.8 Å². The number of benzene rings is 1. The average molecular weight is 283 g/mol. The number of unbranched alkanes of at least 4 members (excludes halogenated alkanes) is 1. The molecule has 0 aliphatic carbocycles. The summed E-state index contributed by atoms with van der Waals surface area (Å²) in [5, 5.41) is 3.63. The molecule has 0 spiro atoms. The third-order valence-corrected chi connectivity index (χ3v) is 3.39. The largest absolute Gasteiger partial charge is 0.398 e. The van der Waals surface area contributed by atoms with Gasteiger partial charge in [-0.25, -0.2) is 4.98 Å². The topological polar surface area (TPSA) is 68.0 Å². The Balaban J connectivity index is 2.46. The van der Waals surface area contributed by atoms with Crippen molar-refractivity contribution in [3.63, 3.8) is 0 Å². The van der Waals surface area contributed by atoms with Crippen LogP contribution in [0.25, 0.3) is 10.9 Å². The lowest BCUT2D eigenvalue weighted by atomic mass is 10.0. The second kappa shape index (κ2) is 6.88. The van der Waals surface area contributed by atoms with Gasteiger partial charge in [0, 0.05) is 17.6 Å². The van der Waals surface area contributed by atoms with E-state index in [1.165, 1.54) is 0 Å². The Labute approximate surface area is 125 Å². The van der Waals surface area contributed by atoms with Crippen molar-refractivity contribution >= 4 is 22.5 Å². The van der Waals surface area contributed by atoms with Crippen LogP contribution < -0.4 is 11.1 Å². The first kappa shape index (κ1) is 15.0. The number of anilines is 1. The van der Waals surface area contributed by atoms with E-state index in [0.29, 0.717) is 17.9 Å². The van der Waals surface area contributed by atoms with Gasteiger partial charge in [-0.15, -0.1) is 6.58 Å². The van der Waals surface area contributed by atoms with Crippen LogP contribution in [-0.4, -0.2) is 17.4 Å². The van der Waals surface area contributed by atoms with Crippen LogP contribution in [0.15, 0.2) is 36.9 Å². The van der Waals surface area contributed by atoms with Crippen LogP contribution in [0.4, 0.5) is 5.69 Å². The van der Waals surface area contributed by atoms with Crippen molar-refractivity contribution in [2.24, 2.45) is 0 Å². The molecule has 0 bridgehead atoms. The highest BCUT2D eigenvalue weighted by molar-refractivity contribution is 6.00. The number of para-hydroxylation sites is 1. The van der Waals surface area contributed by atoms with Gasteiger partial charge >= 0.3 is 0 Å². The molecule has 1 aromatic carbocycles. The molecule has 1 aromatic heterocycles. The summed E-state index contributed by atoms with van der Waals surface area (Å²) in [6, 6.07) is 7.61. The van der Waals surface area contributed by atoms with Crippen molar-refractivity contribution in [2.45, 2.75) is 26.2 Å². The monoisotopic (exact) mass is 283 g/mol. The summed E-state index contributed by atoms with van der Waals surface area (Å²) in [4.78, 5) is 16.6. The third kappa shape index (κ3) is 3.40. The summed E-state index contributed by atoms with van der Waals surface area (Å²) in [5.74, 6) is -0.228. The first-order chi connectivity index (χ1) is 10.2. The van der Waals surface area contributed by atoms with E-state index in [9.17, 15) is 4.79 Å². The van der Waals surface area contributed by atoms with Gasteiger partial charge in [0.05, 0.1) is 5.52 Å². The highest BCUT2D eigenvalue weighted by Gasteiger charge is 2.12. The van der Waals surface area contributed by atoms with E-state index >= 15 is 0 Å². The van der Waals surface area contributed by atoms with Gasteiger partial charge in [0.2, 0.25) is 0 Å². The Morgan fingerprint density at radius 3 is 3.00 bits per heavy atom. The molecule has 3 N–H and O–H groups in total. The molecule has 0 saturated carbocycles. The van der Waals surface area contributed by atoms with Gasteiger partial charge in [-0.05, 0) is 24.5 Å². The van der Waals surface area contributed by atoms with E-state index in [1.54, 1.807) is 12.1 Å². The molecule has 0 atom stereocenters. The number of fused-ring (bicyclic) bond motifs is 1. The summed E-state index contributed by atoms with van der Waals surface area (Å²) in [6.07, 6.45) is 4.78. The van der Waals surface area contributed by atoms with Crippen LogP contribution in [0.5, 0.6) is 0 Å². The number of pyridine rings is 1. The zero-order valence-corrected chi connectivity index (χ0v) is 12.4. The summed E-state index contributed by atoms with van der Waals surface area (Å²) in [6.45, 7) is 6.15. The number of amides is 1. The average Bonchev–Trinajstić information content (AvgIpc) is 2.50.